The molecule has 0 aliphatic rings. The Hall–Kier alpha value is -1.92. The van der Waals surface area contributed by atoms with E-state index in [2.05, 4.69) is 38.2 Å². The van der Waals surface area contributed by atoms with Crippen molar-refractivity contribution in [1.29, 1.82) is 0 Å². The number of nitrogens with one attached hydrogen (secondary N) is 3. The summed E-state index contributed by atoms with van der Waals surface area (Å²) in [6, 6.07) is 13.2. The van der Waals surface area contributed by atoms with Gasteiger partial charge < -0.3 is 5.32 Å². The van der Waals surface area contributed by atoms with Gasteiger partial charge in [-0.25, -0.2) is 0 Å². The Kier molecular flexibility index (Phi) is 5.51. The van der Waals surface area contributed by atoms with Gasteiger partial charge in [-0.3, -0.25) is 15.6 Å². The van der Waals surface area contributed by atoms with Crippen LogP contribution in [0.15, 0.2) is 46.9 Å². The number of anilines is 1. The van der Waals surface area contributed by atoms with E-state index in [1.165, 1.54) is 0 Å². The van der Waals surface area contributed by atoms with E-state index in [-0.39, 0.29) is 5.91 Å². The minimum Gasteiger partial charge on any atom is -0.331 e. The van der Waals surface area contributed by atoms with Crippen molar-refractivity contribution in [3.05, 3.63) is 63.6 Å². The first-order chi connectivity index (χ1) is 10.5. The molecule has 22 heavy (non-hydrogen) atoms. The van der Waals surface area contributed by atoms with Crippen LogP contribution in [0.1, 0.15) is 21.5 Å². The molecule has 2 aromatic carbocycles. The van der Waals surface area contributed by atoms with Crippen molar-refractivity contribution < 1.29 is 4.79 Å². The van der Waals surface area contributed by atoms with Gasteiger partial charge in [0.2, 0.25) is 0 Å². The maximum Gasteiger partial charge on any atom is 0.270 e. The van der Waals surface area contributed by atoms with Crippen molar-refractivity contribution in [2.24, 2.45) is 0 Å². The molecule has 114 valence electrons. The number of hydrogen-bond acceptors (Lipinski definition) is 2. The Morgan fingerprint density at radius 1 is 1.05 bits per heavy atom. The van der Waals surface area contributed by atoms with Crippen LogP contribution in [0.5, 0.6) is 0 Å². The molecule has 0 saturated carbocycles. The molecule has 0 spiro atoms. The van der Waals surface area contributed by atoms with Crippen LogP contribution < -0.4 is 16.2 Å². The van der Waals surface area contributed by atoms with Gasteiger partial charge in [-0.1, -0.05) is 18.2 Å². The lowest BCUT2D eigenvalue weighted by Gasteiger charge is -2.13. The highest BCUT2D eigenvalue weighted by Crippen LogP contribution is 2.15. The lowest BCUT2D eigenvalue weighted by atomic mass is 10.1. The molecule has 2 rings (SSSR count). The summed E-state index contributed by atoms with van der Waals surface area (Å²) < 4.78 is 0.725. The zero-order valence-electron chi connectivity index (χ0n) is 12.2. The molecule has 0 heterocycles. The van der Waals surface area contributed by atoms with E-state index in [1.807, 2.05) is 32.0 Å². The van der Waals surface area contributed by atoms with Crippen LogP contribution in [0.2, 0.25) is 0 Å². The molecule has 1 amide bonds. The van der Waals surface area contributed by atoms with E-state index in [1.54, 1.807) is 18.2 Å². The van der Waals surface area contributed by atoms with Crippen molar-refractivity contribution in [2.75, 3.05) is 5.32 Å². The first kappa shape index (κ1) is 16.5. The normalized spacial score (nSPS) is 9.95. The molecule has 0 unspecified atom stereocenters. The second-order valence-corrected chi connectivity index (χ2v) is 6.15. The molecule has 4 nitrogen and oxygen atoms in total. The lowest BCUT2D eigenvalue weighted by Crippen LogP contribution is -2.43. The van der Waals surface area contributed by atoms with E-state index >= 15 is 0 Å². The SMILES string of the molecule is Cc1cc(C)cc(NC(=S)NNC(=O)c2ccccc2Br)c1. The minimum absolute atomic E-state index is 0.267. The summed E-state index contributed by atoms with van der Waals surface area (Å²) in [4.78, 5) is 12.0. The molecule has 0 atom stereocenters. The number of amides is 1. The molecule has 0 radical (unpaired) electrons. The zero-order valence-corrected chi connectivity index (χ0v) is 14.6. The summed E-state index contributed by atoms with van der Waals surface area (Å²) in [6.45, 7) is 4.03. The molecular weight excluding hydrogens is 362 g/mol. The van der Waals surface area contributed by atoms with E-state index in [9.17, 15) is 4.79 Å². The maximum absolute atomic E-state index is 12.0. The van der Waals surface area contributed by atoms with E-state index in [0.29, 0.717) is 10.7 Å². The van der Waals surface area contributed by atoms with Crippen LogP contribution in [-0.2, 0) is 0 Å². The number of carbonyl (C=O) groups is 1. The van der Waals surface area contributed by atoms with Gasteiger partial charge in [0.25, 0.3) is 5.91 Å². The molecule has 6 heteroatoms. The Labute approximate surface area is 143 Å². The molecule has 0 aliphatic heterocycles. The number of carbonyl (C=O) groups excluding carboxylic acids is 1. The van der Waals surface area contributed by atoms with Gasteiger partial charge in [-0.05, 0) is 77.4 Å². The standard InChI is InChI=1S/C16H16BrN3OS/c1-10-7-11(2)9-12(8-10)18-16(22)20-19-15(21)13-5-3-4-6-14(13)17/h3-9H,1-2H3,(H,19,21)(H2,18,20,22). The third kappa shape index (κ3) is 4.54. The molecule has 3 N–H and O–H groups in total. The average Bonchev–Trinajstić information content (AvgIpc) is 2.44. The predicted molar refractivity (Wildman–Crippen MR) is 96.9 cm³/mol. The van der Waals surface area contributed by atoms with Crippen molar-refractivity contribution in [3.8, 4) is 0 Å². The first-order valence-electron chi connectivity index (χ1n) is 6.66. The lowest BCUT2D eigenvalue weighted by molar-refractivity contribution is 0.0943. The molecule has 0 fully saturated rings. The van der Waals surface area contributed by atoms with Crippen LogP contribution in [0.4, 0.5) is 5.69 Å². The van der Waals surface area contributed by atoms with Crippen molar-refractivity contribution in [2.45, 2.75) is 13.8 Å². The zero-order chi connectivity index (χ0) is 16.1. The Morgan fingerprint density at radius 3 is 2.32 bits per heavy atom. The number of hydrazine groups is 1. The second kappa shape index (κ2) is 7.38. The van der Waals surface area contributed by atoms with Gasteiger partial charge in [-0.15, -0.1) is 0 Å². The maximum atomic E-state index is 12.0. The summed E-state index contributed by atoms with van der Waals surface area (Å²) in [5.41, 5.74) is 8.96. The fourth-order valence-electron chi connectivity index (χ4n) is 2.04. The van der Waals surface area contributed by atoms with Gasteiger partial charge in [0.05, 0.1) is 5.56 Å². The number of benzene rings is 2. The molecular formula is C16H16BrN3OS. The second-order valence-electron chi connectivity index (χ2n) is 4.89. The van der Waals surface area contributed by atoms with Crippen LogP contribution in [0.25, 0.3) is 0 Å². The summed E-state index contributed by atoms with van der Waals surface area (Å²) in [7, 11) is 0. The van der Waals surface area contributed by atoms with E-state index in [4.69, 9.17) is 12.2 Å². The Balaban J connectivity index is 1.93. The highest BCUT2D eigenvalue weighted by atomic mass is 79.9. The van der Waals surface area contributed by atoms with Crippen LogP contribution in [0.3, 0.4) is 0 Å². The number of aryl methyl sites for hydroxylation is 2. The van der Waals surface area contributed by atoms with Crippen LogP contribution in [-0.4, -0.2) is 11.0 Å². The Morgan fingerprint density at radius 2 is 1.68 bits per heavy atom. The monoisotopic (exact) mass is 377 g/mol. The number of halogens is 1. The van der Waals surface area contributed by atoms with Gasteiger partial charge in [0.1, 0.15) is 0 Å². The van der Waals surface area contributed by atoms with Gasteiger partial charge >= 0.3 is 0 Å². The van der Waals surface area contributed by atoms with Crippen molar-refractivity contribution >= 4 is 44.9 Å². The quantitative estimate of drug-likeness (QED) is 0.551. The predicted octanol–water partition coefficient (Wildman–Crippen LogP) is 3.70. The van der Waals surface area contributed by atoms with Gasteiger partial charge in [0.15, 0.2) is 5.11 Å². The van der Waals surface area contributed by atoms with E-state index in [0.717, 1.165) is 21.3 Å². The third-order valence-electron chi connectivity index (χ3n) is 2.89. The average molecular weight is 378 g/mol. The van der Waals surface area contributed by atoms with Crippen molar-refractivity contribution in [3.63, 3.8) is 0 Å². The van der Waals surface area contributed by atoms with Gasteiger partial charge in [-0.2, -0.15) is 0 Å². The van der Waals surface area contributed by atoms with E-state index < -0.39 is 0 Å². The molecule has 2 aromatic rings. The fraction of sp³-hybridized carbons (Fsp3) is 0.125. The summed E-state index contributed by atoms with van der Waals surface area (Å²) in [6.07, 6.45) is 0. The Bertz CT molecular complexity index is 698. The van der Waals surface area contributed by atoms with Crippen LogP contribution >= 0.6 is 28.1 Å². The number of hydrogen-bond donors (Lipinski definition) is 3. The fourth-order valence-corrected chi connectivity index (χ4v) is 2.67. The minimum atomic E-state index is -0.267. The topological polar surface area (TPSA) is 53.2 Å². The molecule has 0 aromatic heterocycles. The molecule has 0 saturated heterocycles. The summed E-state index contributed by atoms with van der Waals surface area (Å²) in [5, 5.41) is 3.36. The van der Waals surface area contributed by atoms with Crippen LogP contribution in [0, 0.1) is 13.8 Å². The smallest absolute Gasteiger partial charge is 0.270 e. The summed E-state index contributed by atoms with van der Waals surface area (Å²) in [5.74, 6) is -0.267. The first-order valence-corrected chi connectivity index (χ1v) is 7.86. The highest BCUT2D eigenvalue weighted by Gasteiger charge is 2.09. The molecule has 0 bridgehead atoms. The third-order valence-corrected chi connectivity index (χ3v) is 3.78. The number of thiocarbonyl (C=S) groups is 1. The van der Waals surface area contributed by atoms with Gasteiger partial charge in [0, 0.05) is 10.2 Å². The highest BCUT2D eigenvalue weighted by molar-refractivity contribution is 9.10. The summed E-state index contributed by atoms with van der Waals surface area (Å²) >= 11 is 8.51. The largest absolute Gasteiger partial charge is 0.331 e. The molecule has 0 aliphatic carbocycles. The van der Waals surface area contributed by atoms with Crippen molar-refractivity contribution in [1.82, 2.24) is 10.9 Å². The number of rotatable bonds is 2.